The van der Waals surface area contributed by atoms with Crippen molar-refractivity contribution in [2.75, 3.05) is 6.54 Å². The summed E-state index contributed by atoms with van der Waals surface area (Å²) < 4.78 is 7.15. The largest absolute Gasteiger partial charge is 0.444 e. The zero-order valence-corrected chi connectivity index (χ0v) is 17.4. The van der Waals surface area contributed by atoms with Gasteiger partial charge in [-0.25, -0.2) is 4.79 Å². The van der Waals surface area contributed by atoms with Crippen molar-refractivity contribution in [1.82, 2.24) is 20.4 Å². The summed E-state index contributed by atoms with van der Waals surface area (Å²) in [4.78, 5) is 24.8. The zero-order valence-electron chi connectivity index (χ0n) is 17.4. The number of carbonyl (C=O) groups excluding carboxylic acids is 2. The molecule has 1 aromatic heterocycles. The molecule has 7 nitrogen and oxygen atoms in total. The fourth-order valence-electron chi connectivity index (χ4n) is 3.57. The van der Waals surface area contributed by atoms with Crippen molar-refractivity contribution >= 4 is 12.0 Å². The van der Waals surface area contributed by atoms with E-state index < -0.39 is 17.2 Å². The van der Waals surface area contributed by atoms with Crippen LogP contribution in [0.3, 0.4) is 0 Å². The topological polar surface area (TPSA) is 85.2 Å². The Bertz CT molecular complexity index is 653. The van der Waals surface area contributed by atoms with Gasteiger partial charge in [0.05, 0.1) is 11.2 Å². The van der Waals surface area contributed by atoms with Crippen molar-refractivity contribution in [3.8, 4) is 0 Å². The lowest BCUT2D eigenvalue weighted by atomic mass is 9.90. The summed E-state index contributed by atoms with van der Waals surface area (Å²) >= 11 is 0. The number of nitrogens with one attached hydrogen (secondary N) is 2. The average molecular weight is 379 g/mol. The van der Waals surface area contributed by atoms with Crippen LogP contribution in [0.15, 0.2) is 6.07 Å². The molecule has 7 heteroatoms. The Morgan fingerprint density at radius 2 is 1.81 bits per heavy atom. The molecule has 0 saturated heterocycles. The third kappa shape index (κ3) is 6.88. The van der Waals surface area contributed by atoms with Crippen LogP contribution in [-0.2, 0) is 16.1 Å². The number of hydrogen-bond acceptors (Lipinski definition) is 4. The van der Waals surface area contributed by atoms with Gasteiger partial charge in [0.2, 0.25) is 5.91 Å². The maximum Gasteiger partial charge on any atom is 0.408 e. The Morgan fingerprint density at radius 3 is 2.33 bits per heavy atom. The molecular formula is C20H34N4O3. The highest BCUT2D eigenvalue weighted by atomic mass is 16.6. The third-order valence-corrected chi connectivity index (χ3v) is 4.85. The number of ether oxygens (including phenoxy) is 1. The molecule has 1 heterocycles. The number of rotatable bonds is 5. The predicted molar refractivity (Wildman–Crippen MR) is 105 cm³/mol. The molecule has 0 spiro atoms. The molecule has 1 saturated carbocycles. The van der Waals surface area contributed by atoms with E-state index in [0.717, 1.165) is 49.9 Å². The van der Waals surface area contributed by atoms with Gasteiger partial charge < -0.3 is 15.4 Å². The van der Waals surface area contributed by atoms with E-state index in [1.54, 1.807) is 4.68 Å². The third-order valence-electron chi connectivity index (χ3n) is 4.85. The minimum atomic E-state index is -0.547. The summed E-state index contributed by atoms with van der Waals surface area (Å²) in [5.41, 5.74) is 0.851. The van der Waals surface area contributed by atoms with Crippen LogP contribution in [0, 0.1) is 13.8 Å². The van der Waals surface area contributed by atoms with Crippen molar-refractivity contribution in [1.29, 1.82) is 0 Å². The first-order chi connectivity index (χ1) is 12.6. The van der Waals surface area contributed by atoms with Gasteiger partial charge in [0.25, 0.3) is 0 Å². The van der Waals surface area contributed by atoms with Crippen molar-refractivity contribution in [3.05, 3.63) is 17.5 Å². The second kappa shape index (κ2) is 8.76. The molecule has 0 atom stereocenters. The molecule has 0 aromatic carbocycles. The minimum Gasteiger partial charge on any atom is -0.444 e. The van der Waals surface area contributed by atoms with E-state index in [9.17, 15) is 9.59 Å². The Kier molecular flexibility index (Phi) is 6.89. The van der Waals surface area contributed by atoms with Gasteiger partial charge in [0.1, 0.15) is 12.1 Å². The van der Waals surface area contributed by atoms with Crippen LogP contribution in [0.25, 0.3) is 0 Å². The molecule has 2 N–H and O–H groups in total. The van der Waals surface area contributed by atoms with Gasteiger partial charge in [-0.1, -0.05) is 25.7 Å². The maximum atomic E-state index is 12.4. The fraction of sp³-hybridized carbons (Fsp3) is 0.750. The van der Waals surface area contributed by atoms with E-state index in [1.165, 1.54) is 0 Å². The van der Waals surface area contributed by atoms with Gasteiger partial charge >= 0.3 is 6.09 Å². The highest BCUT2D eigenvalue weighted by molar-refractivity contribution is 5.76. The molecule has 0 bridgehead atoms. The number of alkyl carbamates (subject to hydrolysis) is 1. The SMILES string of the molecule is Cc1cc(C)n(CC(=O)NCC2(NC(=O)OC(C)(C)C)CCCCCC2)n1. The number of aryl methyl sites for hydroxylation is 2. The van der Waals surface area contributed by atoms with Gasteiger partial charge in [-0.3, -0.25) is 9.48 Å². The number of amides is 2. The number of carbonyl (C=O) groups is 2. The van der Waals surface area contributed by atoms with E-state index in [1.807, 2.05) is 40.7 Å². The van der Waals surface area contributed by atoms with Crippen LogP contribution in [-0.4, -0.2) is 39.5 Å². The lowest BCUT2D eigenvalue weighted by Gasteiger charge is -2.35. The number of hydrogen-bond donors (Lipinski definition) is 2. The van der Waals surface area contributed by atoms with E-state index in [4.69, 9.17) is 4.74 Å². The molecule has 1 aliphatic rings. The van der Waals surface area contributed by atoms with Crippen LogP contribution >= 0.6 is 0 Å². The predicted octanol–water partition coefficient (Wildman–Crippen LogP) is 3.23. The zero-order chi connectivity index (χ0) is 20.1. The Hall–Kier alpha value is -2.05. The fourth-order valence-corrected chi connectivity index (χ4v) is 3.57. The summed E-state index contributed by atoms with van der Waals surface area (Å²) in [6, 6.07) is 1.95. The van der Waals surface area contributed by atoms with Gasteiger partial charge in [-0.2, -0.15) is 5.10 Å². The first-order valence-electron chi connectivity index (χ1n) is 9.88. The van der Waals surface area contributed by atoms with E-state index >= 15 is 0 Å². The number of aromatic nitrogens is 2. The van der Waals surface area contributed by atoms with E-state index in [-0.39, 0.29) is 12.5 Å². The molecule has 1 aromatic rings. The average Bonchev–Trinajstić information content (AvgIpc) is 2.72. The second-order valence-corrected chi connectivity index (χ2v) is 8.68. The molecule has 1 aliphatic carbocycles. The summed E-state index contributed by atoms with van der Waals surface area (Å²) in [7, 11) is 0. The minimum absolute atomic E-state index is 0.101. The molecular weight excluding hydrogens is 344 g/mol. The molecule has 2 amide bonds. The van der Waals surface area contributed by atoms with Gasteiger partial charge in [-0.15, -0.1) is 0 Å². The van der Waals surface area contributed by atoms with E-state index in [2.05, 4.69) is 15.7 Å². The standard InChI is InChI=1S/C20H34N4O3/c1-15-12-16(2)24(23-15)13-17(25)21-14-20(10-8-6-7-9-11-20)22-18(26)27-19(3,4)5/h12H,6-11,13-14H2,1-5H3,(H,21,25)(H,22,26). The molecule has 1 fully saturated rings. The summed E-state index contributed by atoms with van der Waals surface area (Å²) in [5.74, 6) is -0.101. The second-order valence-electron chi connectivity index (χ2n) is 8.68. The van der Waals surface area contributed by atoms with Gasteiger partial charge in [0, 0.05) is 12.2 Å². The lowest BCUT2D eigenvalue weighted by molar-refractivity contribution is -0.122. The molecule has 0 radical (unpaired) electrons. The smallest absolute Gasteiger partial charge is 0.408 e. The van der Waals surface area contributed by atoms with Gasteiger partial charge in [-0.05, 0) is 53.5 Å². The molecule has 27 heavy (non-hydrogen) atoms. The Morgan fingerprint density at radius 1 is 1.19 bits per heavy atom. The summed E-state index contributed by atoms with van der Waals surface area (Å²) in [6.45, 7) is 9.98. The molecule has 0 unspecified atom stereocenters. The molecule has 152 valence electrons. The van der Waals surface area contributed by atoms with Crippen molar-refractivity contribution < 1.29 is 14.3 Å². The monoisotopic (exact) mass is 378 g/mol. The Balaban J connectivity index is 2.00. The first kappa shape index (κ1) is 21.3. The van der Waals surface area contributed by atoms with Crippen molar-refractivity contribution in [2.45, 2.75) is 90.8 Å². The lowest BCUT2D eigenvalue weighted by Crippen LogP contribution is -2.56. The summed E-state index contributed by atoms with van der Waals surface area (Å²) in [5, 5.41) is 10.4. The van der Waals surface area contributed by atoms with Gasteiger partial charge in [0.15, 0.2) is 0 Å². The van der Waals surface area contributed by atoms with Crippen LogP contribution in [0.1, 0.15) is 70.7 Å². The normalized spacial score (nSPS) is 17.1. The molecule has 0 aliphatic heterocycles. The summed E-state index contributed by atoms with van der Waals surface area (Å²) in [6.07, 6.45) is 5.62. The first-order valence-corrected chi connectivity index (χ1v) is 9.88. The maximum absolute atomic E-state index is 12.4. The number of nitrogens with zero attached hydrogens (tertiary/aromatic N) is 2. The van der Waals surface area contributed by atoms with Crippen molar-refractivity contribution in [3.63, 3.8) is 0 Å². The highest BCUT2D eigenvalue weighted by Crippen LogP contribution is 2.27. The van der Waals surface area contributed by atoms with Crippen molar-refractivity contribution in [2.24, 2.45) is 0 Å². The van der Waals surface area contributed by atoms with Crippen LogP contribution in [0.5, 0.6) is 0 Å². The van der Waals surface area contributed by atoms with Crippen LogP contribution in [0.4, 0.5) is 4.79 Å². The van der Waals surface area contributed by atoms with Crippen LogP contribution in [0.2, 0.25) is 0 Å². The van der Waals surface area contributed by atoms with Crippen LogP contribution < -0.4 is 10.6 Å². The Labute approximate surface area is 162 Å². The quantitative estimate of drug-likeness (QED) is 0.770. The highest BCUT2D eigenvalue weighted by Gasteiger charge is 2.34. The van der Waals surface area contributed by atoms with E-state index in [0.29, 0.717) is 6.54 Å². The molecule has 2 rings (SSSR count).